The van der Waals surface area contributed by atoms with Crippen molar-refractivity contribution >= 4 is 32.6 Å². The van der Waals surface area contributed by atoms with Crippen molar-refractivity contribution in [3.05, 3.63) is 199 Å². The number of fused-ring (bicyclic) bond motifs is 4. The first-order valence-electron chi connectivity index (χ1n) is 18.0. The van der Waals surface area contributed by atoms with Crippen LogP contribution in [0.2, 0.25) is 0 Å². The third-order valence-corrected chi connectivity index (χ3v) is 10.7. The summed E-state index contributed by atoms with van der Waals surface area (Å²) in [5.41, 5.74) is 15.2. The number of para-hydroxylation sites is 1. The maximum atomic E-state index is 2.41. The highest BCUT2D eigenvalue weighted by Crippen LogP contribution is 2.41. The molecule has 0 radical (unpaired) electrons. The van der Waals surface area contributed by atoms with Gasteiger partial charge in [-0.15, -0.1) is 0 Å². The van der Waals surface area contributed by atoms with Gasteiger partial charge in [0.15, 0.2) is 0 Å². The highest BCUT2D eigenvalue weighted by Gasteiger charge is 2.20. The first-order valence-corrected chi connectivity index (χ1v) is 18.0. The first-order chi connectivity index (χ1) is 25.2. The molecule has 1 atom stereocenters. The minimum atomic E-state index is 0.291. The third kappa shape index (κ3) is 5.43. The van der Waals surface area contributed by atoms with Crippen LogP contribution in [0.1, 0.15) is 36.0 Å². The van der Waals surface area contributed by atoms with E-state index in [9.17, 15) is 0 Å². The molecule has 1 nitrogen and oxygen atoms in total. The van der Waals surface area contributed by atoms with Crippen LogP contribution in [0.15, 0.2) is 182 Å². The number of aryl methyl sites for hydroxylation is 1. The molecule has 244 valence electrons. The van der Waals surface area contributed by atoms with Gasteiger partial charge < -0.3 is 4.57 Å². The Hall–Kier alpha value is -6.18. The van der Waals surface area contributed by atoms with Crippen LogP contribution < -0.4 is 0 Å². The number of rotatable bonds is 7. The number of aromatic nitrogens is 1. The zero-order chi connectivity index (χ0) is 34.3. The molecule has 1 heterocycles. The fourth-order valence-corrected chi connectivity index (χ4v) is 8.16. The molecule has 0 aliphatic rings. The van der Waals surface area contributed by atoms with Crippen molar-refractivity contribution in [3.63, 3.8) is 0 Å². The highest BCUT2D eigenvalue weighted by molar-refractivity contribution is 6.10. The Bertz CT molecular complexity index is 2670. The van der Waals surface area contributed by atoms with Crippen molar-refractivity contribution < 1.29 is 0 Å². The minimum absolute atomic E-state index is 0.291. The number of hydrogen-bond acceptors (Lipinski definition) is 0. The number of hydrogen-bond donors (Lipinski definition) is 0. The molecule has 0 aliphatic carbocycles. The quantitative estimate of drug-likeness (QED) is 0.161. The van der Waals surface area contributed by atoms with E-state index in [1.807, 2.05) is 0 Å². The Morgan fingerprint density at radius 1 is 0.431 bits per heavy atom. The number of benzene rings is 8. The van der Waals surface area contributed by atoms with Gasteiger partial charge in [-0.25, -0.2) is 0 Å². The van der Waals surface area contributed by atoms with E-state index in [1.54, 1.807) is 0 Å². The van der Waals surface area contributed by atoms with Crippen LogP contribution in [-0.2, 0) is 0 Å². The van der Waals surface area contributed by atoms with Crippen molar-refractivity contribution in [1.29, 1.82) is 0 Å². The van der Waals surface area contributed by atoms with Gasteiger partial charge in [0, 0.05) is 22.4 Å². The molecule has 0 N–H and O–H groups in total. The van der Waals surface area contributed by atoms with Crippen molar-refractivity contribution in [3.8, 4) is 39.1 Å². The summed E-state index contributed by atoms with van der Waals surface area (Å²) in [7, 11) is 0. The lowest BCUT2D eigenvalue weighted by Gasteiger charge is -2.23. The molecule has 0 saturated carbocycles. The van der Waals surface area contributed by atoms with E-state index >= 15 is 0 Å². The van der Waals surface area contributed by atoms with Crippen LogP contribution in [0.4, 0.5) is 0 Å². The van der Waals surface area contributed by atoms with E-state index < -0.39 is 0 Å². The van der Waals surface area contributed by atoms with E-state index in [-0.39, 0.29) is 0 Å². The minimum Gasteiger partial charge on any atom is -0.309 e. The second-order valence-electron chi connectivity index (χ2n) is 13.6. The Balaban J connectivity index is 1.14. The van der Waals surface area contributed by atoms with E-state index in [1.165, 1.54) is 88.3 Å². The molecule has 1 aromatic heterocycles. The molecule has 9 rings (SSSR count). The van der Waals surface area contributed by atoms with Crippen molar-refractivity contribution in [1.82, 2.24) is 4.57 Å². The Morgan fingerprint density at radius 3 is 1.88 bits per heavy atom. The van der Waals surface area contributed by atoms with Crippen LogP contribution in [-0.4, -0.2) is 4.57 Å². The van der Waals surface area contributed by atoms with Crippen molar-refractivity contribution in [2.75, 3.05) is 0 Å². The van der Waals surface area contributed by atoms with Crippen LogP contribution in [0, 0.1) is 6.92 Å². The molecule has 0 saturated heterocycles. The van der Waals surface area contributed by atoms with Gasteiger partial charge >= 0.3 is 0 Å². The summed E-state index contributed by atoms with van der Waals surface area (Å²) in [6, 6.07) is 66.9. The molecule has 9 aromatic rings. The maximum absolute atomic E-state index is 2.41. The van der Waals surface area contributed by atoms with Gasteiger partial charge in [0.25, 0.3) is 0 Å². The molecule has 1 heteroatoms. The first kappa shape index (κ1) is 30.8. The van der Waals surface area contributed by atoms with E-state index in [2.05, 4.69) is 200 Å². The SMILES string of the molecule is CCC(c1ccccc1-c1cc(-c2ccc3c(c2)c2ccccc2n3-c2ccc(-c3ccccc3)cc2)ccc1C)c1cccc2ccccc12. The van der Waals surface area contributed by atoms with Gasteiger partial charge in [-0.3, -0.25) is 0 Å². The molecular formula is C50H39N. The standard InChI is InChI=1S/C50H39N/c1-3-41(43-22-13-17-37-16-7-8-18-42(37)43)44-19-9-10-20-45(44)47-32-38(25-24-34(47)2)39-28-31-50-48(33-39)46-21-11-12-23-49(46)51(50)40-29-26-36(27-30-40)35-14-5-4-6-15-35/h4-33,41H,3H2,1-2H3. The zero-order valence-electron chi connectivity index (χ0n) is 29.1. The van der Waals surface area contributed by atoms with Gasteiger partial charge in [-0.2, -0.15) is 0 Å². The van der Waals surface area contributed by atoms with Crippen LogP contribution in [0.25, 0.3) is 71.6 Å². The van der Waals surface area contributed by atoms with E-state index in [4.69, 9.17) is 0 Å². The van der Waals surface area contributed by atoms with Gasteiger partial charge in [0.1, 0.15) is 0 Å². The second-order valence-corrected chi connectivity index (χ2v) is 13.6. The molecular weight excluding hydrogens is 615 g/mol. The van der Waals surface area contributed by atoms with Crippen LogP contribution in [0.3, 0.4) is 0 Å². The highest BCUT2D eigenvalue weighted by atomic mass is 15.0. The predicted octanol–water partition coefficient (Wildman–Crippen LogP) is 13.8. The lowest BCUT2D eigenvalue weighted by atomic mass is 9.81. The lowest BCUT2D eigenvalue weighted by molar-refractivity contribution is 0.785. The summed E-state index contributed by atoms with van der Waals surface area (Å²) in [4.78, 5) is 0. The lowest BCUT2D eigenvalue weighted by Crippen LogP contribution is -2.03. The molecule has 0 amide bonds. The summed E-state index contributed by atoms with van der Waals surface area (Å²) < 4.78 is 2.40. The largest absolute Gasteiger partial charge is 0.309 e. The van der Waals surface area contributed by atoms with Gasteiger partial charge in [-0.1, -0.05) is 153 Å². The molecule has 0 fully saturated rings. The molecule has 1 unspecified atom stereocenters. The Labute approximate surface area is 300 Å². The Morgan fingerprint density at radius 2 is 1.04 bits per heavy atom. The van der Waals surface area contributed by atoms with Gasteiger partial charge in [0.2, 0.25) is 0 Å². The number of nitrogens with zero attached hydrogens (tertiary/aromatic N) is 1. The summed E-state index contributed by atoms with van der Waals surface area (Å²) in [5, 5.41) is 5.16. The second kappa shape index (κ2) is 12.9. The third-order valence-electron chi connectivity index (χ3n) is 10.7. The average molecular weight is 654 g/mol. The monoisotopic (exact) mass is 653 g/mol. The summed E-state index contributed by atoms with van der Waals surface area (Å²) in [6.07, 6.45) is 1.03. The maximum Gasteiger partial charge on any atom is 0.0541 e. The summed E-state index contributed by atoms with van der Waals surface area (Å²) in [5.74, 6) is 0.291. The van der Waals surface area contributed by atoms with E-state index in [0.29, 0.717) is 5.92 Å². The predicted molar refractivity (Wildman–Crippen MR) is 218 cm³/mol. The van der Waals surface area contributed by atoms with Crippen molar-refractivity contribution in [2.24, 2.45) is 0 Å². The van der Waals surface area contributed by atoms with Gasteiger partial charge in [-0.05, 0) is 111 Å². The molecule has 51 heavy (non-hydrogen) atoms. The fourth-order valence-electron chi connectivity index (χ4n) is 8.16. The fraction of sp³-hybridized carbons (Fsp3) is 0.0800. The molecule has 8 aromatic carbocycles. The van der Waals surface area contributed by atoms with E-state index in [0.717, 1.165) is 6.42 Å². The summed E-state index contributed by atoms with van der Waals surface area (Å²) in [6.45, 7) is 4.56. The average Bonchev–Trinajstić information content (AvgIpc) is 3.53. The van der Waals surface area contributed by atoms with Gasteiger partial charge in [0.05, 0.1) is 11.0 Å². The van der Waals surface area contributed by atoms with Crippen LogP contribution >= 0.6 is 0 Å². The molecule has 0 aliphatic heterocycles. The van der Waals surface area contributed by atoms with Crippen LogP contribution in [0.5, 0.6) is 0 Å². The summed E-state index contributed by atoms with van der Waals surface area (Å²) >= 11 is 0. The molecule has 0 bridgehead atoms. The normalized spacial score (nSPS) is 12.1. The zero-order valence-corrected chi connectivity index (χ0v) is 29.1. The molecule has 0 spiro atoms. The topological polar surface area (TPSA) is 4.93 Å². The Kier molecular flexibility index (Phi) is 7.82. The van der Waals surface area contributed by atoms with Crippen molar-refractivity contribution in [2.45, 2.75) is 26.2 Å². The smallest absolute Gasteiger partial charge is 0.0541 e.